The predicted molar refractivity (Wildman–Crippen MR) is 73.0 cm³/mol. The lowest BCUT2D eigenvalue weighted by Crippen LogP contribution is -2.17. The van der Waals surface area contributed by atoms with Gasteiger partial charge in [-0.25, -0.2) is 9.97 Å². The number of hydrogen-bond donors (Lipinski definition) is 0. The molecule has 0 unspecified atom stereocenters. The number of aromatic nitrogens is 2. The van der Waals surface area contributed by atoms with Crippen molar-refractivity contribution in [1.29, 1.82) is 0 Å². The number of hydrogen-bond acceptors (Lipinski definition) is 4. The number of nitrogens with zero attached hydrogens (tertiary/aromatic N) is 3. The van der Waals surface area contributed by atoms with Gasteiger partial charge in [0, 0.05) is 24.5 Å². The Balaban J connectivity index is 2.21. The number of ether oxygens (including phenoxy) is 1. The summed E-state index contributed by atoms with van der Waals surface area (Å²) in [5.74, 6) is 0.258. The second kappa shape index (κ2) is 5.77. The highest BCUT2D eigenvalue weighted by atomic mass is 35.5. The first-order chi connectivity index (χ1) is 9.74. The molecule has 0 aliphatic heterocycles. The second-order valence-electron chi connectivity index (χ2n) is 4.24. The molecule has 2 rings (SSSR count). The van der Waals surface area contributed by atoms with Gasteiger partial charge in [0.1, 0.15) is 11.6 Å². The maximum Gasteiger partial charge on any atom is 0.573 e. The van der Waals surface area contributed by atoms with Crippen LogP contribution in [0.2, 0.25) is 5.28 Å². The number of halogens is 4. The molecule has 0 N–H and O–H groups in total. The molecule has 0 bridgehead atoms. The van der Waals surface area contributed by atoms with Gasteiger partial charge in [0.15, 0.2) is 0 Å². The van der Waals surface area contributed by atoms with E-state index in [0.717, 1.165) is 0 Å². The first-order valence-electron chi connectivity index (χ1n) is 5.85. The average Bonchev–Trinajstić information content (AvgIpc) is 2.35. The van der Waals surface area contributed by atoms with Gasteiger partial charge in [0.25, 0.3) is 0 Å². The van der Waals surface area contributed by atoms with Crippen molar-refractivity contribution in [2.45, 2.75) is 13.3 Å². The minimum Gasteiger partial charge on any atom is -0.406 e. The summed E-state index contributed by atoms with van der Waals surface area (Å²) in [4.78, 5) is 9.69. The lowest BCUT2D eigenvalue weighted by Gasteiger charge is -2.19. The lowest BCUT2D eigenvalue weighted by molar-refractivity contribution is -0.274. The van der Waals surface area contributed by atoms with Crippen LogP contribution in [0.1, 0.15) is 5.69 Å². The molecular weight excluding hydrogens is 307 g/mol. The lowest BCUT2D eigenvalue weighted by atomic mass is 10.2. The summed E-state index contributed by atoms with van der Waals surface area (Å²) >= 11 is 5.79. The Bertz CT molecular complexity index is 611. The normalized spacial score (nSPS) is 11.3. The minimum atomic E-state index is -4.70. The third-order valence-electron chi connectivity index (χ3n) is 2.61. The van der Waals surface area contributed by atoms with Crippen molar-refractivity contribution in [1.82, 2.24) is 9.97 Å². The molecule has 0 radical (unpaired) electrons. The Labute approximate surface area is 124 Å². The fourth-order valence-electron chi connectivity index (χ4n) is 1.69. The number of alkyl halides is 3. The Morgan fingerprint density at radius 3 is 2.29 bits per heavy atom. The number of rotatable bonds is 3. The van der Waals surface area contributed by atoms with E-state index in [-0.39, 0.29) is 11.0 Å². The summed E-state index contributed by atoms with van der Waals surface area (Å²) in [5, 5.41) is 0.105. The van der Waals surface area contributed by atoms with Crippen LogP contribution in [-0.2, 0) is 0 Å². The van der Waals surface area contributed by atoms with E-state index < -0.39 is 6.36 Å². The predicted octanol–water partition coefficient (Wildman–Crippen LogP) is 4.10. The molecule has 0 atom stereocenters. The molecule has 0 amide bonds. The van der Waals surface area contributed by atoms with Gasteiger partial charge in [-0.1, -0.05) is 0 Å². The third-order valence-corrected chi connectivity index (χ3v) is 2.78. The van der Waals surface area contributed by atoms with Gasteiger partial charge in [-0.05, 0) is 42.8 Å². The zero-order valence-electron chi connectivity index (χ0n) is 11.1. The van der Waals surface area contributed by atoms with Crippen molar-refractivity contribution in [2.24, 2.45) is 0 Å². The van der Waals surface area contributed by atoms with Crippen molar-refractivity contribution in [3.05, 3.63) is 41.3 Å². The van der Waals surface area contributed by atoms with Gasteiger partial charge in [-0.2, -0.15) is 0 Å². The van der Waals surface area contributed by atoms with Crippen LogP contribution in [-0.4, -0.2) is 23.4 Å². The molecule has 0 saturated carbocycles. The Morgan fingerprint density at radius 1 is 1.14 bits per heavy atom. The summed E-state index contributed by atoms with van der Waals surface area (Å²) in [5.41, 5.74) is 1.33. The summed E-state index contributed by atoms with van der Waals surface area (Å²) in [6, 6.07) is 7.16. The van der Waals surface area contributed by atoms with Gasteiger partial charge in [-0.15, -0.1) is 13.2 Å². The van der Waals surface area contributed by atoms with Gasteiger partial charge in [-0.3, -0.25) is 0 Å². The molecule has 1 aromatic carbocycles. The largest absolute Gasteiger partial charge is 0.573 e. The van der Waals surface area contributed by atoms with E-state index in [0.29, 0.717) is 17.2 Å². The highest BCUT2D eigenvalue weighted by Crippen LogP contribution is 2.28. The zero-order valence-corrected chi connectivity index (χ0v) is 11.9. The Morgan fingerprint density at radius 2 is 1.76 bits per heavy atom. The quantitative estimate of drug-likeness (QED) is 0.799. The summed E-state index contributed by atoms with van der Waals surface area (Å²) < 4.78 is 40.1. The van der Waals surface area contributed by atoms with Crippen LogP contribution < -0.4 is 9.64 Å². The monoisotopic (exact) mass is 317 g/mol. The standard InChI is InChI=1S/C13H11ClF3N3O/c1-8-7-11(19-12(14)18-8)20(2)9-3-5-10(6-4-9)21-13(15,16)17/h3-7H,1-2H3. The molecule has 0 fully saturated rings. The topological polar surface area (TPSA) is 38.2 Å². The number of benzene rings is 1. The molecule has 0 spiro atoms. The molecule has 21 heavy (non-hydrogen) atoms. The zero-order chi connectivity index (χ0) is 15.6. The fraction of sp³-hybridized carbons (Fsp3) is 0.231. The molecule has 1 aromatic heterocycles. The molecule has 112 valence electrons. The molecule has 0 saturated heterocycles. The number of anilines is 2. The van der Waals surface area contributed by atoms with Crippen molar-refractivity contribution in [3.63, 3.8) is 0 Å². The van der Waals surface area contributed by atoms with Crippen LogP contribution >= 0.6 is 11.6 Å². The molecule has 0 aliphatic rings. The van der Waals surface area contributed by atoms with Crippen LogP contribution in [0.15, 0.2) is 30.3 Å². The molecule has 4 nitrogen and oxygen atoms in total. The van der Waals surface area contributed by atoms with Gasteiger partial charge in [0.05, 0.1) is 0 Å². The molecular formula is C13H11ClF3N3O. The Kier molecular flexibility index (Phi) is 4.22. The van der Waals surface area contributed by atoms with E-state index in [2.05, 4.69) is 14.7 Å². The molecule has 8 heteroatoms. The SMILES string of the molecule is Cc1cc(N(C)c2ccc(OC(F)(F)F)cc2)nc(Cl)n1. The smallest absolute Gasteiger partial charge is 0.406 e. The summed E-state index contributed by atoms with van der Waals surface area (Å²) in [6.45, 7) is 1.77. The minimum absolute atomic E-state index is 0.105. The maximum absolute atomic E-state index is 12.1. The van der Waals surface area contributed by atoms with Gasteiger partial charge < -0.3 is 9.64 Å². The van der Waals surface area contributed by atoms with E-state index in [1.165, 1.54) is 24.3 Å². The van der Waals surface area contributed by atoms with Crippen molar-refractivity contribution >= 4 is 23.1 Å². The average molecular weight is 318 g/mol. The van der Waals surface area contributed by atoms with Crippen LogP contribution in [0, 0.1) is 6.92 Å². The highest BCUT2D eigenvalue weighted by Gasteiger charge is 2.31. The first-order valence-corrected chi connectivity index (χ1v) is 6.23. The van der Waals surface area contributed by atoms with E-state index in [9.17, 15) is 13.2 Å². The summed E-state index contributed by atoms with van der Waals surface area (Å²) in [7, 11) is 1.72. The second-order valence-corrected chi connectivity index (χ2v) is 4.58. The van der Waals surface area contributed by atoms with Crippen LogP contribution in [0.25, 0.3) is 0 Å². The number of aryl methyl sites for hydroxylation is 1. The van der Waals surface area contributed by atoms with E-state index in [1.54, 1.807) is 24.9 Å². The molecule has 0 aliphatic carbocycles. The van der Waals surface area contributed by atoms with E-state index in [4.69, 9.17) is 11.6 Å². The van der Waals surface area contributed by atoms with Crippen molar-refractivity contribution < 1.29 is 17.9 Å². The van der Waals surface area contributed by atoms with Crippen LogP contribution in [0.4, 0.5) is 24.7 Å². The van der Waals surface area contributed by atoms with E-state index >= 15 is 0 Å². The first kappa shape index (κ1) is 15.4. The third kappa shape index (κ3) is 4.22. The van der Waals surface area contributed by atoms with E-state index in [1.807, 2.05) is 0 Å². The highest BCUT2D eigenvalue weighted by molar-refractivity contribution is 6.28. The Hall–Kier alpha value is -2.02. The molecule has 1 heterocycles. The summed E-state index contributed by atoms with van der Waals surface area (Å²) in [6.07, 6.45) is -4.70. The van der Waals surface area contributed by atoms with Crippen LogP contribution in [0.3, 0.4) is 0 Å². The van der Waals surface area contributed by atoms with Gasteiger partial charge in [0.2, 0.25) is 5.28 Å². The van der Waals surface area contributed by atoms with Gasteiger partial charge >= 0.3 is 6.36 Å². The maximum atomic E-state index is 12.1. The van der Waals surface area contributed by atoms with Crippen molar-refractivity contribution in [2.75, 3.05) is 11.9 Å². The van der Waals surface area contributed by atoms with Crippen LogP contribution in [0.5, 0.6) is 5.75 Å². The fourth-order valence-corrected chi connectivity index (χ4v) is 1.91. The molecule has 2 aromatic rings. The van der Waals surface area contributed by atoms with Crippen molar-refractivity contribution in [3.8, 4) is 5.75 Å².